The van der Waals surface area contributed by atoms with Gasteiger partial charge in [-0.05, 0) is 41.6 Å². The molecule has 1 aromatic rings. The Bertz CT molecular complexity index is 295. The molecular weight excluding hydrogens is 396 g/mol. The van der Waals surface area contributed by atoms with Crippen molar-refractivity contribution in [2.24, 2.45) is 4.99 Å². The summed E-state index contributed by atoms with van der Waals surface area (Å²) < 4.78 is 1.06. The summed E-state index contributed by atoms with van der Waals surface area (Å²) in [6.07, 6.45) is 0. The van der Waals surface area contributed by atoms with E-state index in [9.17, 15) is 0 Å². The number of hydrogen-bond acceptors (Lipinski definition) is 2. The lowest BCUT2D eigenvalue weighted by Crippen LogP contribution is -1.74. The second-order valence-corrected chi connectivity index (χ2v) is 5.63. The van der Waals surface area contributed by atoms with E-state index in [1.807, 2.05) is 25.1 Å². The largest absolute Gasteiger partial charge is 0.246 e. The fourth-order valence-corrected chi connectivity index (χ4v) is 2.48. The molecule has 0 saturated carbocycles. The van der Waals surface area contributed by atoms with Crippen molar-refractivity contribution in [3.8, 4) is 0 Å². The maximum atomic E-state index is 4.41. The maximum absolute atomic E-state index is 4.41. The molecule has 64 valence electrons. The molecule has 0 bridgehead atoms. The minimum Gasteiger partial charge on any atom is -0.246 e. The van der Waals surface area contributed by atoms with Gasteiger partial charge in [0.05, 0.1) is 9.41 Å². The van der Waals surface area contributed by atoms with E-state index < -0.39 is 0 Å². The number of nitrogens with zero attached hydrogens (tertiary/aromatic N) is 1. The molecule has 0 spiro atoms. The topological polar surface area (TPSA) is 12.4 Å². The predicted octanol–water partition coefficient (Wildman–Crippen LogP) is 4.61. The van der Waals surface area contributed by atoms with Crippen LogP contribution in [0.2, 0.25) is 0 Å². The van der Waals surface area contributed by atoms with Crippen LogP contribution in [0.15, 0.2) is 34.2 Å². The molecule has 12 heavy (non-hydrogen) atoms. The molecule has 0 aromatic heterocycles. The minimum atomic E-state index is 1.06. The number of aliphatic imine (C=N–C) groups is 1. The highest BCUT2D eigenvalue weighted by molar-refractivity contribution is 14.2. The van der Waals surface area contributed by atoms with E-state index in [0.717, 1.165) is 9.41 Å². The second kappa shape index (κ2) is 5.43. The zero-order chi connectivity index (χ0) is 8.97. The summed E-state index contributed by atoms with van der Waals surface area (Å²) in [6, 6.07) is 8.15. The number of para-hydroxylation sites is 1. The molecule has 0 N–H and O–H groups in total. The van der Waals surface area contributed by atoms with Gasteiger partial charge in [-0.1, -0.05) is 21.1 Å². The third kappa shape index (κ3) is 3.21. The lowest BCUT2D eigenvalue weighted by molar-refractivity contribution is 1.39. The SMILES string of the molecule is CC(I)=Nc1ccccc1SI. The molecule has 0 unspecified atom stereocenters. The van der Waals surface area contributed by atoms with Gasteiger partial charge in [0.2, 0.25) is 0 Å². The fourth-order valence-electron chi connectivity index (χ4n) is 0.781. The molecule has 0 radical (unpaired) electrons. The van der Waals surface area contributed by atoms with Crippen LogP contribution in [0.5, 0.6) is 0 Å². The normalized spacial score (nSPS) is 11.8. The van der Waals surface area contributed by atoms with Crippen molar-refractivity contribution in [1.82, 2.24) is 0 Å². The van der Waals surface area contributed by atoms with Gasteiger partial charge in [0, 0.05) is 26.1 Å². The average molecular weight is 403 g/mol. The van der Waals surface area contributed by atoms with Gasteiger partial charge in [-0.2, -0.15) is 0 Å². The molecule has 0 fully saturated rings. The lowest BCUT2D eigenvalue weighted by Gasteiger charge is -1.99. The van der Waals surface area contributed by atoms with E-state index in [1.165, 1.54) is 4.90 Å². The molecule has 1 rings (SSSR count). The predicted molar refractivity (Wildman–Crippen MR) is 73.1 cm³/mol. The van der Waals surface area contributed by atoms with Crippen molar-refractivity contribution in [2.45, 2.75) is 11.8 Å². The first-order valence-electron chi connectivity index (χ1n) is 3.32. The van der Waals surface area contributed by atoms with Crippen molar-refractivity contribution in [3.05, 3.63) is 24.3 Å². The molecule has 0 aliphatic heterocycles. The Balaban J connectivity index is 3.05. The highest BCUT2D eigenvalue weighted by atomic mass is 127. The molecule has 0 aliphatic rings. The summed E-state index contributed by atoms with van der Waals surface area (Å²) >= 11 is 4.49. The van der Waals surface area contributed by atoms with E-state index in [-0.39, 0.29) is 0 Å². The third-order valence-electron chi connectivity index (χ3n) is 1.22. The van der Waals surface area contributed by atoms with Crippen molar-refractivity contribution in [1.29, 1.82) is 0 Å². The Morgan fingerprint density at radius 2 is 2.08 bits per heavy atom. The minimum absolute atomic E-state index is 1.06. The highest BCUT2D eigenvalue weighted by Crippen LogP contribution is 2.33. The Hall–Kier alpha value is 0.700. The van der Waals surface area contributed by atoms with E-state index in [2.05, 4.69) is 54.9 Å². The van der Waals surface area contributed by atoms with Crippen molar-refractivity contribution < 1.29 is 0 Å². The standard InChI is InChI=1S/C8H7I2NS/c1-6(9)11-7-4-2-3-5-8(7)12-10/h2-5H,1H3. The second-order valence-electron chi connectivity index (χ2n) is 2.15. The van der Waals surface area contributed by atoms with Crippen LogP contribution < -0.4 is 0 Å². The van der Waals surface area contributed by atoms with Crippen LogP contribution in [0.25, 0.3) is 0 Å². The Morgan fingerprint density at radius 1 is 1.42 bits per heavy atom. The van der Waals surface area contributed by atoms with Crippen LogP contribution in [-0.4, -0.2) is 3.72 Å². The number of hydrogen-bond donors (Lipinski definition) is 0. The first-order chi connectivity index (χ1) is 5.74. The zero-order valence-electron chi connectivity index (χ0n) is 6.42. The molecule has 0 heterocycles. The van der Waals surface area contributed by atoms with Crippen molar-refractivity contribution in [3.63, 3.8) is 0 Å². The quantitative estimate of drug-likeness (QED) is 0.519. The van der Waals surface area contributed by atoms with Crippen LogP contribution in [0.3, 0.4) is 0 Å². The molecule has 0 amide bonds. The molecule has 0 aliphatic carbocycles. The maximum Gasteiger partial charge on any atom is 0.0782 e. The third-order valence-corrected chi connectivity index (χ3v) is 3.40. The van der Waals surface area contributed by atoms with Gasteiger partial charge in [-0.25, -0.2) is 4.99 Å². The fraction of sp³-hybridized carbons (Fsp3) is 0.125. The number of benzene rings is 1. The van der Waals surface area contributed by atoms with E-state index in [0.29, 0.717) is 0 Å². The summed E-state index contributed by atoms with van der Waals surface area (Å²) in [5.74, 6) is 0. The summed E-state index contributed by atoms with van der Waals surface area (Å²) in [6.45, 7) is 2.00. The molecule has 0 atom stereocenters. The van der Waals surface area contributed by atoms with Crippen molar-refractivity contribution >= 4 is 62.1 Å². The van der Waals surface area contributed by atoms with Gasteiger partial charge >= 0.3 is 0 Å². The van der Waals surface area contributed by atoms with Crippen LogP contribution in [-0.2, 0) is 0 Å². The van der Waals surface area contributed by atoms with E-state index >= 15 is 0 Å². The van der Waals surface area contributed by atoms with Crippen LogP contribution >= 0.6 is 52.7 Å². The molecule has 4 heteroatoms. The first-order valence-corrected chi connectivity index (χ1v) is 7.76. The Kier molecular flexibility index (Phi) is 4.88. The smallest absolute Gasteiger partial charge is 0.0782 e. The molecule has 0 saturated heterocycles. The molecular formula is C8H7I2NS. The van der Waals surface area contributed by atoms with Crippen molar-refractivity contribution in [2.75, 3.05) is 0 Å². The Labute approximate surface area is 102 Å². The van der Waals surface area contributed by atoms with Gasteiger partial charge in [-0.3, -0.25) is 0 Å². The summed E-state index contributed by atoms with van der Waals surface area (Å²) in [5, 5.41) is 0. The average Bonchev–Trinajstić information content (AvgIpc) is 2.04. The van der Waals surface area contributed by atoms with Crippen LogP contribution in [0, 0.1) is 0 Å². The van der Waals surface area contributed by atoms with Gasteiger partial charge < -0.3 is 0 Å². The summed E-state index contributed by atoms with van der Waals surface area (Å²) in [4.78, 5) is 5.62. The number of halogens is 2. The van der Waals surface area contributed by atoms with E-state index in [4.69, 9.17) is 0 Å². The summed E-state index contributed by atoms with van der Waals surface area (Å²) in [7, 11) is 1.70. The van der Waals surface area contributed by atoms with Gasteiger partial charge in [-0.15, -0.1) is 0 Å². The highest BCUT2D eigenvalue weighted by Gasteiger charge is 1.97. The first kappa shape index (κ1) is 10.8. The Morgan fingerprint density at radius 3 is 2.67 bits per heavy atom. The summed E-state index contributed by atoms with van der Waals surface area (Å²) in [5.41, 5.74) is 1.06. The number of rotatable bonds is 2. The van der Waals surface area contributed by atoms with Gasteiger partial charge in [0.25, 0.3) is 0 Å². The zero-order valence-corrected chi connectivity index (χ0v) is 11.6. The monoisotopic (exact) mass is 403 g/mol. The molecule has 1 nitrogen and oxygen atoms in total. The van der Waals surface area contributed by atoms with Gasteiger partial charge in [0.1, 0.15) is 0 Å². The van der Waals surface area contributed by atoms with Crippen LogP contribution in [0.4, 0.5) is 5.69 Å². The van der Waals surface area contributed by atoms with Gasteiger partial charge in [0.15, 0.2) is 0 Å². The van der Waals surface area contributed by atoms with E-state index in [1.54, 1.807) is 8.93 Å². The molecule has 1 aromatic carbocycles. The lowest BCUT2D eigenvalue weighted by atomic mass is 10.3. The van der Waals surface area contributed by atoms with Crippen LogP contribution in [0.1, 0.15) is 6.92 Å².